The lowest BCUT2D eigenvalue weighted by molar-refractivity contribution is -0.108. The van der Waals surface area contributed by atoms with Crippen molar-refractivity contribution in [1.29, 1.82) is 0 Å². The van der Waals surface area contributed by atoms with E-state index in [0.717, 1.165) is 0 Å². The van der Waals surface area contributed by atoms with E-state index in [1.165, 1.54) is 12.2 Å². The van der Waals surface area contributed by atoms with Crippen molar-refractivity contribution in [3.05, 3.63) is 24.3 Å². The van der Waals surface area contributed by atoms with Crippen LogP contribution in [0.5, 0.6) is 0 Å². The molecule has 0 unspecified atom stereocenters. The van der Waals surface area contributed by atoms with Gasteiger partial charge < -0.3 is 0 Å². The molecular weight excluding hydrogens is 199 g/mol. The van der Waals surface area contributed by atoms with E-state index in [1.54, 1.807) is 12.2 Å². The Morgan fingerprint density at radius 3 is 1.50 bits per heavy atom. The van der Waals surface area contributed by atoms with Crippen LogP contribution in [0.3, 0.4) is 0 Å². The van der Waals surface area contributed by atoms with Gasteiger partial charge in [-0.05, 0) is 48.2 Å². The molecule has 0 rings (SSSR count). The van der Waals surface area contributed by atoms with Crippen LogP contribution in [-0.4, -0.2) is 10.5 Å². The highest BCUT2D eigenvalue weighted by atomic mass is 35.5. The molecule has 0 amide bonds. The quantitative estimate of drug-likeness (QED) is 0.394. The van der Waals surface area contributed by atoms with Crippen LogP contribution >= 0.6 is 23.2 Å². The first kappa shape index (κ1) is 11.4. The maximum atomic E-state index is 10.2. The molecule has 66 valence electrons. The van der Waals surface area contributed by atoms with Crippen molar-refractivity contribution < 1.29 is 9.59 Å². The van der Waals surface area contributed by atoms with E-state index < -0.39 is 10.5 Å². The van der Waals surface area contributed by atoms with E-state index in [4.69, 9.17) is 23.2 Å². The molecule has 0 heterocycles. The molecule has 0 aromatic heterocycles. The summed E-state index contributed by atoms with van der Waals surface area (Å²) in [5.74, 6) is 0. The third-order valence-electron chi connectivity index (χ3n) is 0.998. The molecule has 0 fully saturated rings. The molecule has 0 atom stereocenters. The van der Waals surface area contributed by atoms with E-state index in [0.29, 0.717) is 12.8 Å². The van der Waals surface area contributed by atoms with E-state index >= 15 is 0 Å². The van der Waals surface area contributed by atoms with Gasteiger partial charge in [0.15, 0.2) is 0 Å². The van der Waals surface area contributed by atoms with Gasteiger partial charge in [-0.1, -0.05) is 12.2 Å². The van der Waals surface area contributed by atoms with Crippen LogP contribution in [0.4, 0.5) is 0 Å². The molecule has 0 spiro atoms. The predicted octanol–water partition coefficient (Wildman–Crippen LogP) is 2.41. The van der Waals surface area contributed by atoms with E-state index in [-0.39, 0.29) is 0 Å². The van der Waals surface area contributed by atoms with Crippen LogP contribution < -0.4 is 0 Å². The van der Waals surface area contributed by atoms with Crippen LogP contribution in [0.15, 0.2) is 24.3 Å². The van der Waals surface area contributed by atoms with Crippen LogP contribution in [-0.2, 0) is 9.59 Å². The van der Waals surface area contributed by atoms with Crippen LogP contribution in [0.25, 0.3) is 0 Å². The monoisotopic (exact) mass is 206 g/mol. The molecule has 0 aromatic rings. The fraction of sp³-hybridized carbons (Fsp3) is 0.250. The Morgan fingerprint density at radius 1 is 0.917 bits per heavy atom. The molecule has 4 heteroatoms. The van der Waals surface area contributed by atoms with E-state index in [1.807, 2.05) is 0 Å². The molecule has 2 nitrogen and oxygen atoms in total. The number of hydrogen-bond acceptors (Lipinski definition) is 2. The van der Waals surface area contributed by atoms with Crippen molar-refractivity contribution in [2.45, 2.75) is 12.8 Å². The average molecular weight is 207 g/mol. The lowest BCUT2D eigenvalue weighted by atomic mass is 10.3. The molecule has 0 saturated heterocycles. The summed E-state index contributed by atoms with van der Waals surface area (Å²) in [5, 5.41) is -0.986. The SMILES string of the molecule is O=C(Cl)/C=C/CC/C=C/C(=O)Cl. The zero-order valence-corrected chi connectivity index (χ0v) is 7.81. The number of hydrogen-bond donors (Lipinski definition) is 0. The molecule has 0 aliphatic carbocycles. The highest BCUT2D eigenvalue weighted by Gasteiger charge is 1.85. The Kier molecular flexibility index (Phi) is 6.72. The van der Waals surface area contributed by atoms with Gasteiger partial charge >= 0.3 is 0 Å². The Labute approximate surface area is 80.8 Å². The van der Waals surface area contributed by atoms with Crippen LogP contribution in [0, 0.1) is 0 Å². The first-order valence-corrected chi connectivity index (χ1v) is 4.10. The maximum Gasteiger partial charge on any atom is 0.244 e. The lowest BCUT2D eigenvalue weighted by Gasteiger charge is -1.83. The molecule has 0 saturated carbocycles. The summed E-state index contributed by atoms with van der Waals surface area (Å²) in [7, 11) is 0. The largest absolute Gasteiger partial charge is 0.276 e. The zero-order valence-electron chi connectivity index (χ0n) is 6.30. The zero-order chi connectivity index (χ0) is 9.40. The number of rotatable bonds is 5. The normalized spacial score (nSPS) is 11.2. The van der Waals surface area contributed by atoms with Gasteiger partial charge in [-0.3, -0.25) is 9.59 Å². The van der Waals surface area contributed by atoms with Gasteiger partial charge in [0.25, 0.3) is 0 Å². The number of allylic oxidation sites excluding steroid dienone is 4. The molecule has 0 N–H and O–H groups in total. The highest BCUT2D eigenvalue weighted by molar-refractivity contribution is 6.66. The minimum atomic E-state index is -0.493. The minimum Gasteiger partial charge on any atom is -0.276 e. The summed E-state index contributed by atoms with van der Waals surface area (Å²) in [6.45, 7) is 0. The van der Waals surface area contributed by atoms with E-state index in [9.17, 15) is 9.59 Å². The van der Waals surface area contributed by atoms with Crippen molar-refractivity contribution in [3.8, 4) is 0 Å². The van der Waals surface area contributed by atoms with Gasteiger partial charge in [-0.25, -0.2) is 0 Å². The smallest absolute Gasteiger partial charge is 0.244 e. The van der Waals surface area contributed by atoms with Gasteiger partial charge in [0.1, 0.15) is 0 Å². The summed E-state index contributed by atoms with van der Waals surface area (Å²) >= 11 is 10.0. The second-order valence-corrected chi connectivity index (χ2v) is 2.74. The molecule has 0 aliphatic rings. The number of carbonyl (C=O) groups excluding carboxylic acids is 2. The Morgan fingerprint density at radius 2 is 1.25 bits per heavy atom. The van der Waals surface area contributed by atoms with Gasteiger partial charge in [-0.2, -0.15) is 0 Å². The van der Waals surface area contributed by atoms with Crippen molar-refractivity contribution in [2.75, 3.05) is 0 Å². The first-order chi connectivity index (χ1) is 5.63. The van der Waals surface area contributed by atoms with Crippen molar-refractivity contribution in [3.63, 3.8) is 0 Å². The lowest BCUT2D eigenvalue weighted by Crippen LogP contribution is -1.76. The number of unbranched alkanes of at least 4 members (excludes halogenated alkanes) is 1. The number of halogens is 2. The van der Waals surface area contributed by atoms with Crippen LogP contribution in [0.2, 0.25) is 0 Å². The summed E-state index contributed by atoms with van der Waals surface area (Å²) in [6, 6.07) is 0. The second kappa shape index (κ2) is 7.07. The summed E-state index contributed by atoms with van der Waals surface area (Å²) in [4.78, 5) is 20.3. The van der Waals surface area contributed by atoms with Gasteiger partial charge in [-0.15, -0.1) is 0 Å². The van der Waals surface area contributed by atoms with E-state index in [2.05, 4.69) is 0 Å². The fourth-order valence-corrected chi connectivity index (χ4v) is 0.723. The Hall–Kier alpha value is -0.600. The maximum absolute atomic E-state index is 10.2. The fourth-order valence-electron chi connectivity index (χ4n) is 0.544. The molecule has 0 aromatic carbocycles. The predicted molar refractivity (Wildman–Crippen MR) is 49.2 cm³/mol. The molecule has 0 radical (unpaired) electrons. The topological polar surface area (TPSA) is 34.1 Å². The summed E-state index contributed by atoms with van der Waals surface area (Å²) in [6.07, 6.45) is 7.16. The Bertz CT molecular complexity index is 195. The number of carbonyl (C=O) groups is 2. The Balaban J connectivity index is 3.45. The molecular formula is C8H8Cl2O2. The minimum absolute atomic E-state index is 0.493. The van der Waals surface area contributed by atoms with Gasteiger partial charge in [0.2, 0.25) is 10.5 Å². The first-order valence-electron chi connectivity index (χ1n) is 3.35. The van der Waals surface area contributed by atoms with Gasteiger partial charge in [0, 0.05) is 0 Å². The van der Waals surface area contributed by atoms with Crippen molar-refractivity contribution in [2.24, 2.45) is 0 Å². The third kappa shape index (κ3) is 9.40. The van der Waals surface area contributed by atoms with Crippen molar-refractivity contribution in [1.82, 2.24) is 0 Å². The van der Waals surface area contributed by atoms with Gasteiger partial charge in [0.05, 0.1) is 0 Å². The standard InChI is InChI=1S/C8H8Cl2O2/c9-7(11)5-3-1-2-4-6-8(10)12/h3-6H,1-2H2/b5-3+,6-4+. The highest BCUT2D eigenvalue weighted by Crippen LogP contribution is 1.95. The third-order valence-corrected chi connectivity index (χ3v) is 1.25. The van der Waals surface area contributed by atoms with Crippen molar-refractivity contribution >= 4 is 33.7 Å². The average Bonchev–Trinajstić information content (AvgIpc) is 1.95. The summed E-state index contributed by atoms with van der Waals surface area (Å²) in [5.41, 5.74) is 0. The van der Waals surface area contributed by atoms with Crippen LogP contribution in [0.1, 0.15) is 12.8 Å². The molecule has 0 bridgehead atoms. The second-order valence-electron chi connectivity index (χ2n) is 1.99. The molecule has 0 aliphatic heterocycles. The molecule has 12 heavy (non-hydrogen) atoms. The summed E-state index contributed by atoms with van der Waals surface area (Å²) < 4.78 is 0.